The summed E-state index contributed by atoms with van der Waals surface area (Å²) >= 11 is 1.23. The minimum absolute atomic E-state index is 0.0771. The third-order valence-electron chi connectivity index (χ3n) is 3.58. The lowest BCUT2D eigenvalue weighted by Gasteiger charge is -2.16. The largest absolute Gasteiger partial charge is 0.326 e. The van der Waals surface area contributed by atoms with Gasteiger partial charge >= 0.3 is 0 Å². The number of nitrogens with zero attached hydrogens (tertiary/aromatic N) is 2. The number of carbonyl (C=O) groups is 2. The molecule has 1 atom stereocenters. The molecule has 0 aliphatic carbocycles. The van der Waals surface area contributed by atoms with Crippen molar-refractivity contribution < 1.29 is 9.59 Å². The average Bonchev–Trinajstić information content (AvgIpc) is 2.84. The molecular formula is C17H22N4O2S. The molecule has 1 aliphatic heterocycles. The van der Waals surface area contributed by atoms with E-state index >= 15 is 0 Å². The van der Waals surface area contributed by atoms with Crippen LogP contribution in [0.1, 0.15) is 34.1 Å². The first-order valence-electron chi connectivity index (χ1n) is 7.71. The quantitative estimate of drug-likeness (QED) is 0.649. The Bertz CT molecular complexity index is 678. The molecule has 0 radical (unpaired) electrons. The van der Waals surface area contributed by atoms with Gasteiger partial charge in [-0.1, -0.05) is 50.7 Å². The van der Waals surface area contributed by atoms with Crippen LogP contribution in [-0.4, -0.2) is 27.9 Å². The summed E-state index contributed by atoms with van der Waals surface area (Å²) in [5, 5.41) is 13.6. The monoisotopic (exact) mass is 346 g/mol. The molecule has 2 amide bonds. The Morgan fingerprint density at radius 2 is 1.96 bits per heavy atom. The van der Waals surface area contributed by atoms with Crippen LogP contribution in [0.2, 0.25) is 0 Å². The number of nitrogens with one attached hydrogen (secondary N) is 2. The number of hydrogen-bond acceptors (Lipinski definition) is 5. The van der Waals surface area contributed by atoms with E-state index in [0.717, 1.165) is 5.71 Å². The van der Waals surface area contributed by atoms with Crippen molar-refractivity contribution in [3.05, 3.63) is 30.3 Å². The lowest BCUT2D eigenvalue weighted by atomic mass is 9.91. The first-order valence-corrected chi connectivity index (χ1v) is 8.59. The minimum Gasteiger partial charge on any atom is -0.326 e. The SMILES string of the molecule is C/C(=N/N=C1\NC(=O)[C@H](CC(=O)Nc2ccccc2)S1)C(C)(C)C. The topological polar surface area (TPSA) is 82.9 Å². The maximum atomic E-state index is 12.0. The molecule has 24 heavy (non-hydrogen) atoms. The first kappa shape index (κ1) is 18.2. The first-order chi connectivity index (χ1) is 11.3. The zero-order valence-corrected chi connectivity index (χ0v) is 15.1. The van der Waals surface area contributed by atoms with Gasteiger partial charge in [-0.15, -0.1) is 5.10 Å². The molecule has 0 aromatic heterocycles. The molecule has 128 valence electrons. The second kappa shape index (κ2) is 7.61. The van der Waals surface area contributed by atoms with Crippen LogP contribution in [0.5, 0.6) is 0 Å². The molecule has 1 saturated heterocycles. The molecule has 2 rings (SSSR count). The highest BCUT2D eigenvalue weighted by Gasteiger charge is 2.32. The molecule has 1 aromatic carbocycles. The van der Waals surface area contributed by atoms with Gasteiger partial charge in [0.1, 0.15) is 5.25 Å². The lowest BCUT2D eigenvalue weighted by molar-refractivity contribution is -0.122. The van der Waals surface area contributed by atoms with E-state index in [1.165, 1.54) is 11.8 Å². The van der Waals surface area contributed by atoms with Crippen molar-refractivity contribution >= 4 is 40.1 Å². The number of carbonyl (C=O) groups excluding carboxylic acids is 2. The van der Waals surface area contributed by atoms with Crippen molar-refractivity contribution in [1.82, 2.24) is 5.32 Å². The summed E-state index contributed by atoms with van der Waals surface area (Å²) in [6.07, 6.45) is 0.0897. The second-order valence-corrected chi connectivity index (χ2v) is 7.75. The summed E-state index contributed by atoms with van der Waals surface area (Å²) in [7, 11) is 0. The molecule has 0 bridgehead atoms. The van der Waals surface area contributed by atoms with E-state index in [0.29, 0.717) is 10.9 Å². The third-order valence-corrected chi connectivity index (χ3v) is 4.65. The number of anilines is 1. The van der Waals surface area contributed by atoms with E-state index in [4.69, 9.17) is 0 Å². The van der Waals surface area contributed by atoms with E-state index in [2.05, 4.69) is 20.8 Å². The van der Waals surface area contributed by atoms with Gasteiger partial charge in [-0.25, -0.2) is 0 Å². The van der Waals surface area contributed by atoms with Gasteiger partial charge < -0.3 is 10.6 Å². The van der Waals surface area contributed by atoms with Gasteiger partial charge in [0.15, 0.2) is 5.17 Å². The smallest absolute Gasteiger partial charge is 0.240 e. The lowest BCUT2D eigenvalue weighted by Crippen LogP contribution is -2.28. The Labute approximate surface area is 146 Å². The van der Waals surface area contributed by atoms with Crippen LogP contribution in [0, 0.1) is 5.41 Å². The van der Waals surface area contributed by atoms with E-state index in [1.54, 1.807) is 12.1 Å². The molecule has 1 aromatic rings. The molecular weight excluding hydrogens is 324 g/mol. The molecule has 2 N–H and O–H groups in total. The van der Waals surface area contributed by atoms with Gasteiger partial charge in [-0.2, -0.15) is 5.10 Å². The van der Waals surface area contributed by atoms with Crippen molar-refractivity contribution in [2.24, 2.45) is 15.6 Å². The normalized spacial score (nSPS) is 20.2. The Morgan fingerprint density at radius 1 is 1.29 bits per heavy atom. The number of rotatable bonds is 4. The van der Waals surface area contributed by atoms with Crippen LogP contribution in [0.15, 0.2) is 40.5 Å². The van der Waals surface area contributed by atoms with Gasteiger partial charge in [0.2, 0.25) is 11.8 Å². The second-order valence-electron chi connectivity index (χ2n) is 6.55. The highest BCUT2D eigenvalue weighted by atomic mass is 32.2. The number of hydrogen-bond donors (Lipinski definition) is 2. The van der Waals surface area contributed by atoms with Crippen molar-refractivity contribution in [3.8, 4) is 0 Å². The van der Waals surface area contributed by atoms with Crippen molar-refractivity contribution in [2.75, 3.05) is 5.32 Å². The Hall–Kier alpha value is -2.15. The molecule has 0 saturated carbocycles. The van der Waals surface area contributed by atoms with E-state index in [1.807, 2.05) is 45.9 Å². The number of amidine groups is 1. The number of para-hydroxylation sites is 1. The van der Waals surface area contributed by atoms with Crippen LogP contribution >= 0.6 is 11.8 Å². The fraction of sp³-hybridized carbons (Fsp3) is 0.412. The van der Waals surface area contributed by atoms with Crippen LogP contribution in [0.4, 0.5) is 5.69 Å². The van der Waals surface area contributed by atoms with E-state index in [9.17, 15) is 9.59 Å². The molecule has 6 nitrogen and oxygen atoms in total. The molecule has 0 spiro atoms. The average molecular weight is 346 g/mol. The number of benzene rings is 1. The van der Waals surface area contributed by atoms with Crippen molar-refractivity contribution in [1.29, 1.82) is 0 Å². The number of thioether (sulfide) groups is 1. The van der Waals surface area contributed by atoms with Gasteiger partial charge in [-0.05, 0) is 19.1 Å². The van der Waals surface area contributed by atoms with E-state index in [-0.39, 0.29) is 23.7 Å². The molecule has 0 unspecified atom stereocenters. The van der Waals surface area contributed by atoms with Crippen LogP contribution in [0.3, 0.4) is 0 Å². The van der Waals surface area contributed by atoms with Gasteiger partial charge in [0.25, 0.3) is 0 Å². The highest BCUT2D eigenvalue weighted by Crippen LogP contribution is 2.23. The Morgan fingerprint density at radius 3 is 2.58 bits per heavy atom. The summed E-state index contributed by atoms with van der Waals surface area (Å²) < 4.78 is 0. The van der Waals surface area contributed by atoms with Crippen LogP contribution < -0.4 is 10.6 Å². The predicted octanol–water partition coefficient (Wildman–Crippen LogP) is 3.02. The summed E-state index contributed by atoms with van der Waals surface area (Å²) in [5.74, 6) is -0.421. The fourth-order valence-electron chi connectivity index (χ4n) is 1.76. The maximum Gasteiger partial charge on any atom is 0.240 e. The Kier molecular flexibility index (Phi) is 5.77. The number of amides is 2. The summed E-state index contributed by atoms with van der Waals surface area (Å²) in [4.78, 5) is 24.0. The molecule has 1 fully saturated rings. The van der Waals surface area contributed by atoms with E-state index < -0.39 is 5.25 Å². The van der Waals surface area contributed by atoms with Gasteiger partial charge in [-0.3, -0.25) is 9.59 Å². The Balaban J connectivity index is 1.94. The van der Waals surface area contributed by atoms with Gasteiger partial charge in [0, 0.05) is 23.2 Å². The summed E-state index contributed by atoms with van der Waals surface area (Å²) in [6, 6.07) is 9.16. The highest BCUT2D eigenvalue weighted by molar-refractivity contribution is 8.15. The van der Waals surface area contributed by atoms with Crippen molar-refractivity contribution in [2.45, 2.75) is 39.4 Å². The maximum absolute atomic E-state index is 12.0. The molecule has 1 aliphatic rings. The third kappa shape index (κ3) is 5.19. The van der Waals surface area contributed by atoms with Crippen LogP contribution in [0.25, 0.3) is 0 Å². The predicted molar refractivity (Wildman–Crippen MR) is 99.2 cm³/mol. The minimum atomic E-state index is -0.488. The van der Waals surface area contributed by atoms with Crippen molar-refractivity contribution in [3.63, 3.8) is 0 Å². The zero-order valence-electron chi connectivity index (χ0n) is 14.3. The summed E-state index contributed by atoms with van der Waals surface area (Å²) in [5.41, 5.74) is 1.51. The zero-order chi connectivity index (χ0) is 17.7. The fourth-order valence-corrected chi connectivity index (χ4v) is 2.68. The standard InChI is InChI=1S/C17H22N4O2S/c1-11(17(2,3)4)20-21-16-19-15(23)13(24-16)10-14(22)18-12-8-6-5-7-9-12/h5-9,13H,10H2,1-4H3,(H,18,22)(H,19,21,23)/b20-11-/t13-/m0/s1. The van der Waals surface area contributed by atoms with Crippen LogP contribution in [-0.2, 0) is 9.59 Å². The summed E-state index contributed by atoms with van der Waals surface area (Å²) in [6.45, 7) is 8.03. The molecule has 1 heterocycles. The van der Waals surface area contributed by atoms with Gasteiger partial charge in [0.05, 0.1) is 0 Å². The molecule has 7 heteroatoms.